The molecular weight excluding hydrogens is 350 g/mol. The van der Waals surface area contributed by atoms with Crippen LogP contribution in [-0.4, -0.2) is 19.9 Å². The Morgan fingerprint density at radius 1 is 0.815 bits per heavy atom. The first-order valence-corrected chi connectivity index (χ1v) is 13.8. The molecule has 4 aliphatic carbocycles. The molecule has 7 atom stereocenters. The lowest BCUT2D eigenvalue weighted by Crippen LogP contribution is -2.39. The van der Waals surface area contributed by atoms with Crippen LogP contribution in [0, 0.1) is 35.5 Å². The zero-order valence-corrected chi connectivity index (χ0v) is 17.1. The van der Waals surface area contributed by atoms with E-state index in [1.165, 1.54) is 11.3 Å². The first kappa shape index (κ1) is 16.1. The second-order valence-corrected chi connectivity index (χ2v) is 15.5. The van der Waals surface area contributed by atoms with Gasteiger partial charge in [0.1, 0.15) is 0 Å². The number of allylic oxidation sites excluding steroid dienone is 4. The minimum absolute atomic E-state index is 0.0604. The van der Waals surface area contributed by atoms with Gasteiger partial charge in [0.2, 0.25) is 11.8 Å². The highest BCUT2D eigenvalue weighted by Crippen LogP contribution is 2.73. The Labute approximate surface area is 161 Å². The maximum Gasteiger partial charge on any atom is 0.238 e. The number of rotatable bonds is 2. The molecule has 0 N–H and O–H groups in total. The fourth-order valence-corrected chi connectivity index (χ4v) is 10.2. The van der Waals surface area contributed by atoms with Gasteiger partial charge in [-0.05, 0) is 47.8 Å². The van der Waals surface area contributed by atoms with E-state index in [4.69, 9.17) is 0 Å². The third kappa shape index (κ3) is 1.78. The summed E-state index contributed by atoms with van der Waals surface area (Å²) in [6.07, 6.45) is 5.94. The zero-order chi connectivity index (χ0) is 18.7. The van der Waals surface area contributed by atoms with Crippen molar-refractivity contribution in [1.82, 2.24) is 0 Å². The van der Waals surface area contributed by atoms with E-state index in [-0.39, 0.29) is 23.7 Å². The molecule has 5 aliphatic rings. The second kappa shape index (κ2) is 4.91. The third-order valence-electron chi connectivity index (χ3n) is 7.89. The fourth-order valence-electron chi connectivity index (χ4n) is 7.29. The number of imide groups is 1. The van der Waals surface area contributed by atoms with Crippen LogP contribution in [-0.2, 0) is 9.59 Å². The van der Waals surface area contributed by atoms with E-state index < -0.39 is 8.07 Å². The molecule has 0 aromatic heterocycles. The molecular formula is C23H25NO2Si. The van der Waals surface area contributed by atoms with Crippen LogP contribution in [0.1, 0.15) is 6.42 Å². The monoisotopic (exact) mass is 375 g/mol. The highest BCUT2D eigenvalue weighted by atomic mass is 28.3. The molecule has 138 valence electrons. The van der Waals surface area contributed by atoms with Gasteiger partial charge in [-0.2, -0.15) is 0 Å². The predicted octanol–water partition coefficient (Wildman–Crippen LogP) is 4.26. The average molecular weight is 376 g/mol. The molecule has 27 heavy (non-hydrogen) atoms. The van der Waals surface area contributed by atoms with Gasteiger partial charge in [-0.1, -0.05) is 61.1 Å². The number of para-hydroxylation sites is 1. The van der Waals surface area contributed by atoms with Crippen molar-refractivity contribution in [3.8, 4) is 0 Å². The summed E-state index contributed by atoms with van der Waals surface area (Å²) in [5.41, 5.74) is 4.45. The molecule has 2 amide bonds. The second-order valence-electron chi connectivity index (χ2n) is 10.1. The molecule has 4 heteroatoms. The molecule has 1 aromatic rings. The summed E-state index contributed by atoms with van der Waals surface area (Å²) in [6.45, 7) is 7.29. The Morgan fingerprint density at radius 3 is 1.81 bits per heavy atom. The van der Waals surface area contributed by atoms with Gasteiger partial charge in [0.25, 0.3) is 0 Å². The summed E-state index contributed by atoms with van der Waals surface area (Å²) >= 11 is 0. The zero-order valence-electron chi connectivity index (χ0n) is 16.1. The van der Waals surface area contributed by atoms with Crippen LogP contribution in [0.25, 0.3) is 0 Å². The van der Waals surface area contributed by atoms with E-state index >= 15 is 0 Å². The normalized spacial score (nSPS) is 41.1. The molecule has 1 heterocycles. The van der Waals surface area contributed by atoms with Gasteiger partial charge >= 0.3 is 0 Å². The summed E-state index contributed by atoms with van der Waals surface area (Å²) in [7, 11) is -1.50. The molecule has 1 unspecified atom stereocenters. The van der Waals surface area contributed by atoms with E-state index in [9.17, 15) is 9.59 Å². The lowest BCUT2D eigenvalue weighted by atomic mass is 9.74. The van der Waals surface area contributed by atoms with E-state index in [1.807, 2.05) is 30.3 Å². The molecule has 4 bridgehead atoms. The maximum atomic E-state index is 13.5. The topological polar surface area (TPSA) is 37.4 Å². The average Bonchev–Trinajstić information content (AvgIpc) is 3.39. The van der Waals surface area contributed by atoms with E-state index in [0.29, 0.717) is 29.2 Å². The molecule has 1 saturated carbocycles. The van der Waals surface area contributed by atoms with E-state index in [1.54, 1.807) is 11.1 Å². The minimum atomic E-state index is -1.50. The van der Waals surface area contributed by atoms with E-state index in [0.717, 1.165) is 5.69 Å². The first-order chi connectivity index (χ1) is 12.9. The smallest absolute Gasteiger partial charge is 0.238 e. The molecule has 3 nitrogen and oxygen atoms in total. The lowest BCUT2D eigenvalue weighted by molar-refractivity contribution is -0.123. The van der Waals surface area contributed by atoms with Crippen molar-refractivity contribution in [3.05, 3.63) is 53.6 Å². The van der Waals surface area contributed by atoms with Gasteiger partial charge in [0.15, 0.2) is 0 Å². The summed E-state index contributed by atoms with van der Waals surface area (Å²) < 4.78 is 0. The minimum Gasteiger partial charge on any atom is -0.274 e. The molecule has 0 spiro atoms. The number of hydrogen-bond donors (Lipinski definition) is 0. The number of carbonyl (C=O) groups excluding carboxylic acids is 2. The maximum absolute atomic E-state index is 13.5. The number of benzene rings is 1. The fraction of sp³-hybridized carbons (Fsp3) is 0.478. The van der Waals surface area contributed by atoms with E-state index in [2.05, 4.69) is 31.8 Å². The SMILES string of the molecule is C[Si](C)(C)C1[C@H]2C3=C([C@H]1[C@H]1C(=O)N(c4ccccc4)C(=O)[C@H]12)[C@H]1C=C[C@H]3C1. The van der Waals surface area contributed by atoms with Crippen molar-refractivity contribution >= 4 is 25.6 Å². The molecule has 1 aromatic carbocycles. The first-order valence-electron chi connectivity index (χ1n) is 10.2. The molecule has 2 fully saturated rings. The number of fused-ring (bicyclic) bond motifs is 11. The van der Waals surface area contributed by atoms with Gasteiger partial charge in [0, 0.05) is 8.07 Å². The summed E-state index contributed by atoms with van der Waals surface area (Å²) in [4.78, 5) is 28.6. The number of carbonyl (C=O) groups is 2. The Morgan fingerprint density at radius 2 is 1.33 bits per heavy atom. The summed E-state index contributed by atoms with van der Waals surface area (Å²) in [5.74, 6) is 1.58. The van der Waals surface area contributed by atoms with Crippen LogP contribution >= 0.6 is 0 Å². The predicted molar refractivity (Wildman–Crippen MR) is 108 cm³/mol. The van der Waals surface area contributed by atoms with Crippen LogP contribution in [0.15, 0.2) is 53.6 Å². The largest absolute Gasteiger partial charge is 0.274 e. The van der Waals surface area contributed by atoms with Gasteiger partial charge in [-0.3, -0.25) is 14.5 Å². The molecule has 6 rings (SSSR count). The summed E-state index contributed by atoms with van der Waals surface area (Å²) in [5, 5.41) is 0. The molecule has 0 radical (unpaired) electrons. The van der Waals surface area contributed by atoms with Crippen LogP contribution in [0.5, 0.6) is 0 Å². The van der Waals surface area contributed by atoms with Crippen molar-refractivity contribution in [1.29, 1.82) is 0 Å². The highest BCUT2D eigenvalue weighted by molar-refractivity contribution is 6.78. The number of hydrogen-bond acceptors (Lipinski definition) is 2. The molecule has 1 aliphatic heterocycles. The van der Waals surface area contributed by atoms with Crippen molar-refractivity contribution in [2.75, 3.05) is 4.90 Å². The van der Waals surface area contributed by atoms with Gasteiger partial charge < -0.3 is 0 Å². The summed E-state index contributed by atoms with van der Waals surface area (Å²) in [6, 6.07) is 9.53. The van der Waals surface area contributed by atoms with Crippen LogP contribution in [0.2, 0.25) is 25.2 Å². The number of amides is 2. The van der Waals surface area contributed by atoms with Crippen LogP contribution in [0.4, 0.5) is 5.69 Å². The third-order valence-corrected chi connectivity index (χ3v) is 10.6. The lowest BCUT2D eigenvalue weighted by Gasteiger charge is -2.34. The van der Waals surface area contributed by atoms with Crippen LogP contribution < -0.4 is 4.90 Å². The van der Waals surface area contributed by atoms with Gasteiger partial charge in [-0.15, -0.1) is 0 Å². The van der Waals surface area contributed by atoms with Crippen molar-refractivity contribution < 1.29 is 9.59 Å². The molecule has 1 saturated heterocycles. The highest BCUT2D eigenvalue weighted by Gasteiger charge is 2.72. The Balaban J connectivity index is 1.49. The Kier molecular flexibility index (Phi) is 2.92. The quantitative estimate of drug-likeness (QED) is 0.335. The van der Waals surface area contributed by atoms with Crippen molar-refractivity contribution in [2.45, 2.75) is 31.6 Å². The van der Waals surface area contributed by atoms with Gasteiger partial charge in [0.05, 0.1) is 17.5 Å². The standard InChI is InChI=1S/C23H25NO2Si/c1-27(2,3)21-17-15-12-9-10-13(11-12)16(15)18(21)20-19(17)22(25)24(23(20)26)14-7-5-4-6-8-14/h4-10,12-13,17-21H,11H2,1-3H3/t12-,13-,17-,18-,19-,20+,21?/m0/s1. The van der Waals surface area contributed by atoms with Gasteiger partial charge in [-0.25, -0.2) is 0 Å². The van der Waals surface area contributed by atoms with Crippen LogP contribution in [0.3, 0.4) is 0 Å². The van der Waals surface area contributed by atoms with Crippen molar-refractivity contribution in [2.24, 2.45) is 35.5 Å². The number of anilines is 1. The Hall–Kier alpha value is -1.94. The Bertz CT molecular complexity index is 893. The number of nitrogens with zero attached hydrogens (tertiary/aromatic N) is 1. The van der Waals surface area contributed by atoms with Crippen molar-refractivity contribution in [3.63, 3.8) is 0 Å².